The maximum atomic E-state index is 3.09. The van der Waals surface area contributed by atoms with Crippen molar-refractivity contribution < 1.29 is 0 Å². The second kappa shape index (κ2) is 5.61. The summed E-state index contributed by atoms with van der Waals surface area (Å²) >= 11 is 0. The van der Waals surface area contributed by atoms with Gasteiger partial charge in [0.15, 0.2) is 0 Å². The largest absolute Gasteiger partial charge is 0.316 e. The first-order valence-corrected chi connectivity index (χ1v) is 3.86. The maximum absolute atomic E-state index is 3.09. The molecule has 1 heteroatoms. The standard InChI is InChI=1S/C10H13.Mg.2H/c1-3-9-7-5-6-8-10(9)4-2;;;/h5,7-8H,3-4H2,1-2H3;;;. The third-order valence-electron chi connectivity index (χ3n) is 1.81. The fourth-order valence-electron chi connectivity index (χ4n) is 1.17. The Hall–Kier alpha value is -0.0138. The first-order valence-electron chi connectivity index (χ1n) is 3.86. The van der Waals surface area contributed by atoms with Gasteiger partial charge in [0.05, 0.1) is 0 Å². The molecule has 0 fully saturated rings. The normalized spacial score (nSPS) is 8.91. The summed E-state index contributed by atoms with van der Waals surface area (Å²) in [5.41, 5.74) is 2.89. The lowest BCUT2D eigenvalue weighted by molar-refractivity contribution is 1.04. The molecule has 1 radical (unpaired) electrons. The van der Waals surface area contributed by atoms with Gasteiger partial charge in [-0.2, -0.15) is 0 Å². The van der Waals surface area contributed by atoms with Gasteiger partial charge in [-0.25, -0.2) is 0 Å². The highest BCUT2D eigenvalue weighted by molar-refractivity contribution is 5.75. The van der Waals surface area contributed by atoms with Gasteiger partial charge in [-0.05, 0) is 30.0 Å². The van der Waals surface area contributed by atoms with E-state index in [1.54, 1.807) is 0 Å². The Morgan fingerprint density at radius 3 is 2.27 bits per heavy atom. The van der Waals surface area contributed by atoms with Crippen LogP contribution in [0.1, 0.15) is 25.0 Å². The van der Waals surface area contributed by atoms with Crippen LogP contribution in [0.25, 0.3) is 0 Å². The fourth-order valence-corrected chi connectivity index (χ4v) is 1.17. The van der Waals surface area contributed by atoms with Crippen molar-refractivity contribution in [2.24, 2.45) is 0 Å². The summed E-state index contributed by atoms with van der Waals surface area (Å²) < 4.78 is 0. The molecule has 0 saturated heterocycles. The second-order valence-electron chi connectivity index (χ2n) is 2.40. The van der Waals surface area contributed by atoms with Crippen LogP contribution < -0.4 is 0 Å². The molecule has 0 bridgehead atoms. The molecule has 0 unspecified atom stereocenters. The molecule has 11 heavy (non-hydrogen) atoms. The quantitative estimate of drug-likeness (QED) is 0.576. The van der Waals surface area contributed by atoms with E-state index in [9.17, 15) is 0 Å². The van der Waals surface area contributed by atoms with Gasteiger partial charge >= 0.3 is 23.1 Å². The van der Waals surface area contributed by atoms with Crippen LogP contribution in [-0.4, -0.2) is 23.1 Å². The van der Waals surface area contributed by atoms with Gasteiger partial charge in [0.1, 0.15) is 0 Å². The zero-order valence-electron chi connectivity index (χ0n) is 6.65. The third kappa shape index (κ3) is 2.84. The van der Waals surface area contributed by atoms with Gasteiger partial charge in [0, 0.05) is 0 Å². The molecule has 0 spiro atoms. The molecular formula is C10H15Mg. The Bertz CT molecular complexity index is 183. The Morgan fingerprint density at radius 2 is 1.82 bits per heavy atom. The zero-order valence-corrected chi connectivity index (χ0v) is 6.65. The van der Waals surface area contributed by atoms with Gasteiger partial charge in [-0.1, -0.05) is 32.0 Å². The fraction of sp³-hybridized carbons (Fsp3) is 0.400. The highest BCUT2D eigenvalue weighted by Gasteiger charge is 1.94. The summed E-state index contributed by atoms with van der Waals surface area (Å²) in [5.74, 6) is 0. The highest BCUT2D eigenvalue weighted by Crippen LogP contribution is 2.08. The molecule has 1 rings (SSSR count). The van der Waals surface area contributed by atoms with E-state index in [1.165, 1.54) is 11.1 Å². The van der Waals surface area contributed by atoms with Crippen molar-refractivity contribution in [1.29, 1.82) is 0 Å². The van der Waals surface area contributed by atoms with Crippen LogP contribution in [0.4, 0.5) is 0 Å². The molecule has 0 N–H and O–H groups in total. The predicted octanol–water partition coefficient (Wildman–Crippen LogP) is 1.70. The molecule has 0 aliphatic rings. The molecule has 0 saturated carbocycles. The molecule has 0 atom stereocenters. The maximum Gasteiger partial charge on any atom is 0.316 e. The minimum atomic E-state index is 0. The lowest BCUT2D eigenvalue weighted by Gasteiger charge is -2.02. The topological polar surface area (TPSA) is 0 Å². The van der Waals surface area contributed by atoms with Crippen molar-refractivity contribution in [1.82, 2.24) is 0 Å². The monoisotopic (exact) mass is 159 g/mol. The van der Waals surface area contributed by atoms with Crippen molar-refractivity contribution in [3.05, 3.63) is 35.4 Å². The lowest BCUT2D eigenvalue weighted by Crippen LogP contribution is -1.88. The minimum absolute atomic E-state index is 0. The van der Waals surface area contributed by atoms with E-state index >= 15 is 0 Å². The van der Waals surface area contributed by atoms with E-state index in [2.05, 4.69) is 32.0 Å². The van der Waals surface area contributed by atoms with Gasteiger partial charge < -0.3 is 0 Å². The van der Waals surface area contributed by atoms with E-state index in [0.717, 1.165) is 12.8 Å². The van der Waals surface area contributed by atoms with E-state index in [4.69, 9.17) is 0 Å². The molecule has 57 valence electrons. The number of benzene rings is 1. The summed E-state index contributed by atoms with van der Waals surface area (Å²) in [4.78, 5) is 0. The summed E-state index contributed by atoms with van der Waals surface area (Å²) in [5, 5.41) is 0. The van der Waals surface area contributed by atoms with Gasteiger partial charge in [-0.3, -0.25) is 0 Å². The summed E-state index contributed by atoms with van der Waals surface area (Å²) in [7, 11) is 0. The van der Waals surface area contributed by atoms with Crippen molar-refractivity contribution in [2.45, 2.75) is 26.7 Å². The summed E-state index contributed by atoms with van der Waals surface area (Å²) in [6, 6.07) is 9.30. The lowest BCUT2D eigenvalue weighted by atomic mass is 10.0. The van der Waals surface area contributed by atoms with Crippen LogP contribution in [0.15, 0.2) is 18.2 Å². The molecule has 0 aliphatic heterocycles. The van der Waals surface area contributed by atoms with Crippen LogP contribution in [0.3, 0.4) is 0 Å². The van der Waals surface area contributed by atoms with E-state index in [-0.39, 0.29) is 23.1 Å². The van der Waals surface area contributed by atoms with Crippen LogP contribution in [0.5, 0.6) is 0 Å². The molecule has 0 heterocycles. The van der Waals surface area contributed by atoms with E-state index in [1.807, 2.05) is 6.07 Å². The number of hydrogen-bond acceptors (Lipinski definition) is 0. The first kappa shape index (κ1) is 11.0. The van der Waals surface area contributed by atoms with Crippen molar-refractivity contribution in [3.63, 3.8) is 0 Å². The van der Waals surface area contributed by atoms with Crippen molar-refractivity contribution in [3.8, 4) is 0 Å². The summed E-state index contributed by atoms with van der Waals surface area (Å²) in [6.45, 7) is 4.37. The Morgan fingerprint density at radius 1 is 1.18 bits per heavy atom. The van der Waals surface area contributed by atoms with Crippen LogP contribution >= 0.6 is 0 Å². The molecule has 0 aliphatic carbocycles. The van der Waals surface area contributed by atoms with E-state index < -0.39 is 0 Å². The molecular weight excluding hydrogens is 144 g/mol. The van der Waals surface area contributed by atoms with Gasteiger partial charge in [-0.15, -0.1) is 0 Å². The molecule has 0 aromatic heterocycles. The molecule has 1 aromatic rings. The van der Waals surface area contributed by atoms with Crippen LogP contribution in [0.2, 0.25) is 0 Å². The van der Waals surface area contributed by atoms with Gasteiger partial charge in [0.2, 0.25) is 0 Å². The second-order valence-corrected chi connectivity index (χ2v) is 2.40. The zero-order chi connectivity index (χ0) is 7.40. The Balaban J connectivity index is 0.000001000. The van der Waals surface area contributed by atoms with Crippen molar-refractivity contribution in [2.75, 3.05) is 0 Å². The molecule has 0 amide bonds. The number of hydrogen-bond donors (Lipinski definition) is 0. The Kier molecular flexibility index (Phi) is 5.61. The number of rotatable bonds is 2. The predicted molar refractivity (Wildman–Crippen MR) is 52.6 cm³/mol. The minimum Gasteiger partial charge on any atom is -0.0613 e. The van der Waals surface area contributed by atoms with Gasteiger partial charge in [0.25, 0.3) is 0 Å². The first-order chi connectivity index (χ1) is 4.88. The van der Waals surface area contributed by atoms with Crippen LogP contribution in [0, 0.1) is 6.07 Å². The van der Waals surface area contributed by atoms with E-state index in [0.29, 0.717) is 0 Å². The van der Waals surface area contributed by atoms with Crippen LogP contribution in [-0.2, 0) is 12.8 Å². The molecule has 0 nitrogen and oxygen atoms in total. The molecule has 1 aromatic carbocycles. The average molecular weight is 160 g/mol. The third-order valence-corrected chi connectivity index (χ3v) is 1.81. The highest BCUT2D eigenvalue weighted by atomic mass is 24.3. The van der Waals surface area contributed by atoms with Crippen molar-refractivity contribution >= 4 is 23.1 Å². The average Bonchev–Trinajstić information content (AvgIpc) is 2.04. The number of aryl methyl sites for hydroxylation is 2. The Labute approximate surface area is 85.2 Å². The SMILES string of the molecule is CCc1c[c]ccc1CC.[MgH2]. The summed E-state index contributed by atoms with van der Waals surface area (Å²) in [6.07, 6.45) is 2.26. The smallest absolute Gasteiger partial charge is 0.0613 e.